The van der Waals surface area contributed by atoms with E-state index in [0.29, 0.717) is 6.42 Å². The lowest BCUT2D eigenvalue weighted by Crippen LogP contribution is -2.22. The van der Waals surface area contributed by atoms with Gasteiger partial charge in [-0.2, -0.15) is 0 Å². The number of hydrogen-bond acceptors (Lipinski definition) is 3. The molecule has 0 saturated carbocycles. The Morgan fingerprint density at radius 2 is 2.27 bits per heavy atom. The van der Waals surface area contributed by atoms with Crippen LogP contribution in [0, 0.1) is 0 Å². The molecule has 11 heavy (non-hydrogen) atoms. The van der Waals surface area contributed by atoms with Crippen LogP contribution in [0.25, 0.3) is 0 Å². The SMILES string of the molecule is CCNC(=O)CCSSCP. The molecule has 0 saturated heterocycles. The van der Waals surface area contributed by atoms with Gasteiger partial charge in [0.2, 0.25) is 5.91 Å². The van der Waals surface area contributed by atoms with Gasteiger partial charge in [0.05, 0.1) is 0 Å². The zero-order valence-electron chi connectivity index (χ0n) is 6.63. The fourth-order valence-electron chi connectivity index (χ4n) is 0.527. The summed E-state index contributed by atoms with van der Waals surface area (Å²) in [6.45, 7) is 2.67. The lowest BCUT2D eigenvalue weighted by Gasteiger charge is -1.99. The normalized spacial score (nSPS) is 9.64. The lowest BCUT2D eigenvalue weighted by molar-refractivity contribution is -0.120. The van der Waals surface area contributed by atoms with Crippen molar-refractivity contribution >= 4 is 36.7 Å². The van der Waals surface area contributed by atoms with Crippen molar-refractivity contribution in [3.05, 3.63) is 0 Å². The Bertz CT molecular complexity index is 113. The third-order valence-corrected chi connectivity index (χ3v) is 4.24. The van der Waals surface area contributed by atoms with Crippen LogP contribution in [0.2, 0.25) is 0 Å². The first-order valence-electron chi connectivity index (χ1n) is 3.52. The predicted octanol–water partition coefficient (Wildman–Crippen LogP) is 1.73. The summed E-state index contributed by atoms with van der Waals surface area (Å²) >= 11 is 0. The molecule has 0 aliphatic heterocycles. The summed E-state index contributed by atoms with van der Waals surface area (Å²) < 4.78 is 0. The van der Waals surface area contributed by atoms with Crippen LogP contribution in [0.5, 0.6) is 0 Å². The Hall–Kier alpha value is 0.600. The van der Waals surface area contributed by atoms with Gasteiger partial charge in [-0.3, -0.25) is 4.79 Å². The van der Waals surface area contributed by atoms with Crippen molar-refractivity contribution in [3.63, 3.8) is 0 Å². The van der Waals surface area contributed by atoms with Crippen LogP contribution in [-0.2, 0) is 4.79 Å². The Kier molecular flexibility index (Phi) is 9.17. The minimum atomic E-state index is 0.157. The zero-order valence-corrected chi connectivity index (χ0v) is 9.42. The smallest absolute Gasteiger partial charge is 0.220 e. The molecule has 2 nitrogen and oxygen atoms in total. The first kappa shape index (κ1) is 11.6. The molecular formula is C6H14NOPS2. The number of amides is 1. The van der Waals surface area contributed by atoms with E-state index >= 15 is 0 Å². The van der Waals surface area contributed by atoms with Crippen molar-refractivity contribution in [2.45, 2.75) is 13.3 Å². The third-order valence-electron chi connectivity index (χ3n) is 0.938. The van der Waals surface area contributed by atoms with E-state index < -0.39 is 0 Å². The summed E-state index contributed by atoms with van der Waals surface area (Å²) in [7, 11) is 6.15. The van der Waals surface area contributed by atoms with Crippen molar-refractivity contribution in [2.75, 3.05) is 17.8 Å². The molecule has 0 aromatic carbocycles. The second kappa shape index (κ2) is 8.69. The molecular weight excluding hydrogens is 197 g/mol. The maximum absolute atomic E-state index is 10.9. The minimum Gasteiger partial charge on any atom is -0.356 e. The molecule has 5 heteroatoms. The molecule has 0 aromatic rings. The van der Waals surface area contributed by atoms with E-state index in [1.165, 1.54) is 0 Å². The Morgan fingerprint density at radius 3 is 2.82 bits per heavy atom. The monoisotopic (exact) mass is 211 g/mol. The van der Waals surface area contributed by atoms with Crippen LogP contribution in [0.4, 0.5) is 0 Å². The van der Waals surface area contributed by atoms with Crippen LogP contribution in [0.15, 0.2) is 0 Å². The fraction of sp³-hybridized carbons (Fsp3) is 0.833. The number of nitrogens with one attached hydrogen (secondary N) is 1. The van der Waals surface area contributed by atoms with Gasteiger partial charge in [-0.05, 0) is 6.92 Å². The first-order chi connectivity index (χ1) is 5.31. The van der Waals surface area contributed by atoms with Crippen LogP contribution in [0.1, 0.15) is 13.3 Å². The van der Waals surface area contributed by atoms with Crippen molar-refractivity contribution in [1.82, 2.24) is 5.32 Å². The molecule has 1 atom stereocenters. The minimum absolute atomic E-state index is 0.157. The number of carbonyl (C=O) groups is 1. The largest absolute Gasteiger partial charge is 0.356 e. The standard InChI is InChI=1S/C6H14NOPS2/c1-2-7-6(8)3-4-10-11-5-9/h2-5,9H2,1H3,(H,7,8). The van der Waals surface area contributed by atoms with E-state index in [4.69, 9.17) is 0 Å². The average molecular weight is 211 g/mol. The Balaban J connectivity index is 3.04. The topological polar surface area (TPSA) is 29.1 Å². The van der Waals surface area contributed by atoms with Crippen molar-refractivity contribution in [3.8, 4) is 0 Å². The second-order valence-corrected chi connectivity index (χ2v) is 5.44. The number of carbonyl (C=O) groups excluding carboxylic acids is 1. The molecule has 0 aliphatic rings. The van der Waals surface area contributed by atoms with Gasteiger partial charge < -0.3 is 5.32 Å². The summed E-state index contributed by atoms with van der Waals surface area (Å²) in [4.78, 5) is 10.9. The third kappa shape index (κ3) is 8.51. The highest BCUT2D eigenvalue weighted by molar-refractivity contribution is 8.77. The van der Waals surface area contributed by atoms with Crippen molar-refractivity contribution < 1.29 is 4.79 Å². The second-order valence-electron chi connectivity index (χ2n) is 1.81. The summed E-state index contributed by atoms with van der Waals surface area (Å²) in [5.74, 6) is 1.06. The summed E-state index contributed by atoms with van der Waals surface area (Å²) in [5, 5.41) is 2.76. The predicted molar refractivity (Wildman–Crippen MR) is 57.9 cm³/mol. The lowest BCUT2D eigenvalue weighted by atomic mass is 10.4. The Labute approximate surface area is 78.3 Å². The molecule has 0 spiro atoms. The van der Waals surface area contributed by atoms with Gasteiger partial charge >= 0.3 is 0 Å². The molecule has 0 aromatic heterocycles. The van der Waals surface area contributed by atoms with Crippen LogP contribution in [-0.4, -0.2) is 23.7 Å². The molecule has 1 N–H and O–H groups in total. The molecule has 0 aliphatic carbocycles. The molecule has 0 rings (SSSR count). The first-order valence-corrected chi connectivity index (χ1v) is 6.83. The molecule has 1 amide bonds. The molecule has 66 valence electrons. The number of rotatable bonds is 6. The van der Waals surface area contributed by atoms with Gasteiger partial charge in [0, 0.05) is 24.2 Å². The van der Waals surface area contributed by atoms with E-state index in [-0.39, 0.29) is 5.91 Å². The van der Waals surface area contributed by atoms with Gasteiger partial charge in [0.25, 0.3) is 0 Å². The highest BCUT2D eigenvalue weighted by atomic mass is 33.1. The van der Waals surface area contributed by atoms with E-state index in [9.17, 15) is 4.79 Å². The van der Waals surface area contributed by atoms with E-state index in [1.54, 1.807) is 21.6 Å². The molecule has 0 heterocycles. The van der Waals surface area contributed by atoms with Crippen LogP contribution >= 0.6 is 30.8 Å². The van der Waals surface area contributed by atoms with Crippen LogP contribution < -0.4 is 5.32 Å². The number of hydrogen-bond donors (Lipinski definition) is 1. The summed E-state index contributed by atoms with van der Waals surface area (Å²) in [6.07, 6.45) is 0.635. The van der Waals surface area contributed by atoms with Gasteiger partial charge in [-0.25, -0.2) is 0 Å². The van der Waals surface area contributed by atoms with E-state index in [2.05, 4.69) is 14.6 Å². The quantitative estimate of drug-likeness (QED) is 0.412. The van der Waals surface area contributed by atoms with Gasteiger partial charge in [-0.15, -0.1) is 9.24 Å². The highest BCUT2D eigenvalue weighted by Gasteiger charge is 1.97. The zero-order chi connectivity index (χ0) is 8.53. The molecule has 1 unspecified atom stereocenters. The molecule has 0 bridgehead atoms. The maximum Gasteiger partial charge on any atom is 0.220 e. The maximum atomic E-state index is 10.9. The summed E-state index contributed by atoms with van der Waals surface area (Å²) in [6, 6.07) is 0. The van der Waals surface area contributed by atoms with Gasteiger partial charge in [0.1, 0.15) is 0 Å². The highest BCUT2D eigenvalue weighted by Crippen LogP contribution is 2.23. The van der Waals surface area contributed by atoms with Crippen molar-refractivity contribution in [1.29, 1.82) is 0 Å². The van der Waals surface area contributed by atoms with E-state index in [1.807, 2.05) is 6.92 Å². The van der Waals surface area contributed by atoms with E-state index in [0.717, 1.165) is 17.8 Å². The average Bonchev–Trinajstić information content (AvgIpc) is 1.99. The Morgan fingerprint density at radius 1 is 1.55 bits per heavy atom. The molecule has 0 fully saturated rings. The van der Waals surface area contributed by atoms with Crippen LogP contribution in [0.3, 0.4) is 0 Å². The summed E-state index contributed by atoms with van der Waals surface area (Å²) in [5.41, 5.74) is 1.03. The molecule has 0 radical (unpaired) electrons. The van der Waals surface area contributed by atoms with Crippen molar-refractivity contribution in [2.24, 2.45) is 0 Å². The van der Waals surface area contributed by atoms with Gasteiger partial charge in [-0.1, -0.05) is 21.6 Å². The fourth-order valence-corrected chi connectivity index (χ4v) is 2.77. The van der Waals surface area contributed by atoms with Gasteiger partial charge in [0.15, 0.2) is 0 Å².